The van der Waals surface area contributed by atoms with Gasteiger partial charge in [0.05, 0.1) is 12.5 Å². The van der Waals surface area contributed by atoms with Crippen LogP contribution in [0.4, 0.5) is 4.79 Å². The highest BCUT2D eigenvalue weighted by Gasteiger charge is 2.29. The summed E-state index contributed by atoms with van der Waals surface area (Å²) >= 11 is 0. The van der Waals surface area contributed by atoms with Gasteiger partial charge in [0.1, 0.15) is 11.3 Å². The summed E-state index contributed by atoms with van der Waals surface area (Å²) in [5, 5.41) is 4.05. The van der Waals surface area contributed by atoms with Crippen molar-refractivity contribution in [2.24, 2.45) is 5.92 Å². The van der Waals surface area contributed by atoms with Crippen LogP contribution in [0.15, 0.2) is 28.7 Å². The Morgan fingerprint density at radius 3 is 2.80 bits per heavy atom. The quantitative estimate of drug-likeness (QED) is 0.932. The van der Waals surface area contributed by atoms with Crippen LogP contribution in [0.2, 0.25) is 0 Å². The number of likely N-dealkylation sites (tertiary alicyclic amines) is 1. The van der Waals surface area contributed by atoms with Crippen LogP contribution < -0.4 is 5.32 Å². The molecule has 1 aromatic heterocycles. The Bertz CT molecular complexity index is 781. The Balaban J connectivity index is 1.62. The van der Waals surface area contributed by atoms with Crippen molar-refractivity contribution >= 4 is 22.9 Å². The molecule has 1 N–H and O–H groups in total. The molecule has 3 rings (SSSR count). The minimum atomic E-state index is -0.165. The van der Waals surface area contributed by atoms with Crippen molar-refractivity contribution in [3.8, 4) is 0 Å². The Hall–Kier alpha value is -2.50. The molecule has 0 aliphatic carbocycles. The summed E-state index contributed by atoms with van der Waals surface area (Å²) in [6.45, 7) is 3.56. The number of hydrogen-bond acceptors (Lipinski definition) is 3. The summed E-state index contributed by atoms with van der Waals surface area (Å²) < 4.78 is 5.84. The number of furan rings is 1. The first-order chi connectivity index (χ1) is 12.0. The van der Waals surface area contributed by atoms with Crippen LogP contribution in [0.25, 0.3) is 11.0 Å². The molecular formula is C19H25N3O3. The summed E-state index contributed by atoms with van der Waals surface area (Å²) in [7, 11) is 3.47. The molecule has 1 fully saturated rings. The molecule has 6 heteroatoms. The number of urea groups is 1. The van der Waals surface area contributed by atoms with Crippen molar-refractivity contribution in [1.29, 1.82) is 0 Å². The zero-order chi connectivity index (χ0) is 18.0. The maximum Gasteiger partial charge on any atom is 0.319 e. The number of benzene rings is 1. The molecule has 0 spiro atoms. The van der Waals surface area contributed by atoms with Crippen molar-refractivity contribution in [3.05, 3.63) is 35.6 Å². The summed E-state index contributed by atoms with van der Waals surface area (Å²) in [6, 6.07) is 7.83. The van der Waals surface area contributed by atoms with E-state index in [-0.39, 0.29) is 17.9 Å². The molecule has 2 heterocycles. The molecule has 6 nitrogen and oxygen atoms in total. The van der Waals surface area contributed by atoms with Gasteiger partial charge in [-0.05, 0) is 25.8 Å². The average Bonchev–Trinajstić information content (AvgIpc) is 2.95. The van der Waals surface area contributed by atoms with E-state index in [4.69, 9.17) is 4.42 Å². The molecule has 1 aliphatic heterocycles. The molecule has 2 aromatic rings. The predicted octanol–water partition coefficient (Wildman–Crippen LogP) is 2.75. The first-order valence-corrected chi connectivity index (χ1v) is 8.68. The van der Waals surface area contributed by atoms with Gasteiger partial charge in [0.15, 0.2) is 0 Å². The lowest BCUT2D eigenvalue weighted by atomic mass is 9.97. The summed E-state index contributed by atoms with van der Waals surface area (Å²) in [4.78, 5) is 27.9. The van der Waals surface area contributed by atoms with Crippen LogP contribution >= 0.6 is 0 Å². The summed E-state index contributed by atoms with van der Waals surface area (Å²) in [6.07, 6.45) is 1.66. The Labute approximate surface area is 147 Å². The van der Waals surface area contributed by atoms with Crippen molar-refractivity contribution in [2.75, 3.05) is 27.2 Å². The zero-order valence-corrected chi connectivity index (χ0v) is 15.0. The molecule has 0 saturated carbocycles. The van der Waals surface area contributed by atoms with E-state index in [1.54, 1.807) is 23.9 Å². The van der Waals surface area contributed by atoms with E-state index in [1.807, 2.05) is 31.2 Å². The Morgan fingerprint density at radius 2 is 2.08 bits per heavy atom. The van der Waals surface area contributed by atoms with Crippen LogP contribution in [0.1, 0.15) is 24.2 Å². The molecule has 0 radical (unpaired) electrons. The van der Waals surface area contributed by atoms with Gasteiger partial charge in [-0.1, -0.05) is 18.2 Å². The maximum absolute atomic E-state index is 12.5. The van der Waals surface area contributed by atoms with Gasteiger partial charge >= 0.3 is 6.03 Å². The molecule has 134 valence electrons. The van der Waals surface area contributed by atoms with Crippen molar-refractivity contribution in [2.45, 2.75) is 26.3 Å². The standard InChI is InChI=1S/C19H25N3O3/c1-13-15-8-4-5-9-16(15)25-17(13)11-20-18(23)14-7-6-10-22(12-14)19(24)21(2)3/h4-5,8-9,14H,6-7,10-12H2,1-3H3,(H,20,23). The van der Waals surface area contributed by atoms with Crippen molar-refractivity contribution in [3.63, 3.8) is 0 Å². The highest BCUT2D eigenvalue weighted by Crippen LogP contribution is 2.25. The van der Waals surface area contributed by atoms with Gasteiger partial charge in [-0.25, -0.2) is 4.79 Å². The Morgan fingerprint density at radius 1 is 1.32 bits per heavy atom. The van der Waals surface area contributed by atoms with Gasteiger partial charge in [-0.2, -0.15) is 0 Å². The molecule has 25 heavy (non-hydrogen) atoms. The number of fused-ring (bicyclic) bond motifs is 1. The number of hydrogen-bond donors (Lipinski definition) is 1. The topological polar surface area (TPSA) is 65.8 Å². The minimum absolute atomic E-state index is 0.0175. The number of nitrogens with one attached hydrogen (secondary N) is 1. The molecule has 1 aliphatic rings. The van der Waals surface area contributed by atoms with E-state index < -0.39 is 0 Å². The fourth-order valence-corrected chi connectivity index (χ4v) is 3.35. The SMILES string of the molecule is Cc1c(CNC(=O)C2CCCN(C(=O)N(C)C)C2)oc2ccccc12. The fraction of sp³-hybridized carbons (Fsp3) is 0.474. The van der Waals surface area contributed by atoms with Crippen molar-refractivity contribution < 1.29 is 14.0 Å². The van der Waals surface area contributed by atoms with E-state index in [0.717, 1.165) is 35.1 Å². The first kappa shape index (κ1) is 17.3. The molecule has 3 amide bonds. The van der Waals surface area contributed by atoms with E-state index in [0.29, 0.717) is 19.6 Å². The lowest BCUT2D eigenvalue weighted by Gasteiger charge is -2.33. The summed E-state index contributed by atoms with van der Waals surface area (Å²) in [5.41, 5.74) is 1.90. The first-order valence-electron chi connectivity index (χ1n) is 8.68. The molecule has 0 bridgehead atoms. The second-order valence-electron chi connectivity index (χ2n) is 6.83. The van der Waals surface area contributed by atoms with E-state index in [2.05, 4.69) is 5.32 Å². The number of amides is 3. The molecular weight excluding hydrogens is 318 g/mol. The second-order valence-corrected chi connectivity index (χ2v) is 6.83. The van der Waals surface area contributed by atoms with Gasteiger partial charge in [0, 0.05) is 38.1 Å². The van der Waals surface area contributed by atoms with Crippen LogP contribution in [0.5, 0.6) is 0 Å². The lowest BCUT2D eigenvalue weighted by molar-refractivity contribution is -0.126. The third-order valence-corrected chi connectivity index (χ3v) is 4.81. The maximum atomic E-state index is 12.5. The third-order valence-electron chi connectivity index (χ3n) is 4.81. The predicted molar refractivity (Wildman–Crippen MR) is 96.2 cm³/mol. The lowest BCUT2D eigenvalue weighted by Crippen LogP contribution is -2.48. The number of para-hydroxylation sites is 1. The van der Waals surface area contributed by atoms with E-state index in [9.17, 15) is 9.59 Å². The van der Waals surface area contributed by atoms with Gasteiger partial charge in [0.25, 0.3) is 0 Å². The Kier molecular flexibility index (Phi) is 4.97. The highest BCUT2D eigenvalue weighted by atomic mass is 16.3. The second kappa shape index (κ2) is 7.17. The van der Waals surface area contributed by atoms with Crippen LogP contribution in [-0.2, 0) is 11.3 Å². The average molecular weight is 343 g/mol. The number of rotatable bonds is 3. The smallest absolute Gasteiger partial charge is 0.319 e. The fourth-order valence-electron chi connectivity index (χ4n) is 3.35. The third kappa shape index (κ3) is 3.62. The number of piperidine rings is 1. The molecule has 1 saturated heterocycles. The van der Waals surface area contributed by atoms with Crippen LogP contribution in [0.3, 0.4) is 0 Å². The largest absolute Gasteiger partial charge is 0.459 e. The van der Waals surface area contributed by atoms with Gasteiger partial charge < -0.3 is 19.5 Å². The van der Waals surface area contributed by atoms with Crippen molar-refractivity contribution in [1.82, 2.24) is 15.1 Å². The normalized spacial score (nSPS) is 17.6. The van der Waals surface area contributed by atoms with E-state index >= 15 is 0 Å². The van der Waals surface area contributed by atoms with Crippen LogP contribution in [-0.4, -0.2) is 48.9 Å². The van der Waals surface area contributed by atoms with Gasteiger partial charge in [0.2, 0.25) is 5.91 Å². The number of aryl methyl sites for hydroxylation is 1. The molecule has 1 aromatic carbocycles. The monoisotopic (exact) mass is 343 g/mol. The number of carbonyl (C=O) groups is 2. The molecule has 1 unspecified atom stereocenters. The zero-order valence-electron chi connectivity index (χ0n) is 15.0. The van der Waals surface area contributed by atoms with Crippen LogP contribution in [0, 0.1) is 12.8 Å². The minimum Gasteiger partial charge on any atom is -0.459 e. The van der Waals surface area contributed by atoms with E-state index in [1.165, 1.54) is 0 Å². The number of nitrogens with zero attached hydrogens (tertiary/aromatic N) is 2. The van der Waals surface area contributed by atoms with Gasteiger partial charge in [-0.15, -0.1) is 0 Å². The van der Waals surface area contributed by atoms with Gasteiger partial charge in [-0.3, -0.25) is 4.79 Å². The summed E-state index contributed by atoms with van der Waals surface area (Å²) in [5.74, 6) is 0.602. The molecule has 1 atom stereocenters. The number of carbonyl (C=O) groups excluding carboxylic acids is 2. The highest BCUT2D eigenvalue weighted by molar-refractivity contribution is 5.83.